The van der Waals surface area contributed by atoms with Crippen molar-refractivity contribution in [1.29, 1.82) is 0 Å². The maximum absolute atomic E-state index is 5.96. The van der Waals surface area contributed by atoms with E-state index >= 15 is 0 Å². The van der Waals surface area contributed by atoms with Crippen LogP contribution in [0.4, 0.5) is 34.1 Å². The first-order valence-electron chi connectivity index (χ1n) is 35.0. The van der Waals surface area contributed by atoms with Crippen molar-refractivity contribution in [1.82, 2.24) is 9.97 Å². The molecular weight excluding hydrogens is 1220 g/mol. The third-order valence-electron chi connectivity index (χ3n) is 22.0. The van der Waals surface area contributed by atoms with Crippen LogP contribution in [0.2, 0.25) is 0 Å². The molecule has 3 heterocycles. The Labute approximate surface area is 583 Å². The van der Waals surface area contributed by atoms with Gasteiger partial charge in [0.1, 0.15) is 0 Å². The number of aromatic nitrogens is 2. The molecule has 22 rings (SSSR count). The van der Waals surface area contributed by atoms with Crippen LogP contribution >= 0.6 is 0 Å². The van der Waals surface area contributed by atoms with Crippen LogP contribution in [0.1, 0.15) is 0 Å². The van der Waals surface area contributed by atoms with Crippen LogP contribution in [-0.4, -0.2) is 16.7 Å². The first-order chi connectivity index (χ1) is 50.1. The first kappa shape index (κ1) is 55.9. The SMILES string of the molecule is c1ccc(-c2ccc(N3c4cc(-c5nc(-c6cc(-c7ccccc7)cc(-c7ccccc7)c6)nc6ccccc56)cc5c4B(c4cc6c7cccc8cccc(c9cccc(c43)c96)c87)c3cc4c6cccc7cccc(c8cccc(c3N5c3ccc(-c5ccccc5)cc3)c84)c76)cc2)cc1. The molecule has 0 saturated heterocycles. The molecule has 2 aliphatic rings. The van der Waals surface area contributed by atoms with Crippen molar-refractivity contribution in [2.45, 2.75) is 0 Å². The van der Waals surface area contributed by atoms with Gasteiger partial charge in [0.05, 0.1) is 11.2 Å². The Morgan fingerprint density at radius 3 is 1.02 bits per heavy atom. The van der Waals surface area contributed by atoms with Crippen molar-refractivity contribution in [3.8, 4) is 67.2 Å². The average molecular weight is 1280 g/mol. The molecule has 0 unspecified atom stereocenters. The highest BCUT2D eigenvalue weighted by atomic mass is 15.2. The first-order valence-corrected chi connectivity index (χ1v) is 35.0. The lowest BCUT2D eigenvalue weighted by Gasteiger charge is -2.45. The van der Waals surface area contributed by atoms with Crippen LogP contribution in [0.5, 0.6) is 0 Å². The minimum Gasteiger partial charge on any atom is -0.311 e. The highest BCUT2D eigenvalue weighted by Crippen LogP contribution is 2.54. The molecule has 464 valence electrons. The lowest BCUT2D eigenvalue weighted by atomic mass is 9.33. The third-order valence-corrected chi connectivity index (χ3v) is 22.0. The predicted octanol–water partition coefficient (Wildman–Crippen LogP) is 23.8. The Kier molecular flexibility index (Phi) is 12.0. The Bertz CT molecular complexity index is 6430. The molecule has 0 radical (unpaired) electrons. The second kappa shape index (κ2) is 21.6. The second-order valence-corrected chi connectivity index (χ2v) is 27.4. The number of fused-ring (bicyclic) bond motifs is 11. The lowest BCUT2D eigenvalue weighted by Crippen LogP contribution is -2.61. The van der Waals surface area contributed by atoms with E-state index in [0.717, 1.165) is 83.9 Å². The maximum atomic E-state index is 5.96. The van der Waals surface area contributed by atoms with Crippen LogP contribution in [-0.2, 0) is 0 Å². The Morgan fingerprint density at radius 2 is 0.574 bits per heavy atom. The fraction of sp³-hybridized carbons (Fsp3) is 0. The fourth-order valence-corrected chi connectivity index (χ4v) is 17.7. The van der Waals surface area contributed by atoms with Crippen LogP contribution in [0, 0.1) is 0 Å². The zero-order valence-electron chi connectivity index (χ0n) is 54.8. The normalized spacial score (nSPS) is 12.7. The molecule has 0 bridgehead atoms. The molecule has 4 nitrogen and oxygen atoms in total. The molecule has 0 spiro atoms. The number of benzene rings is 19. The van der Waals surface area contributed by atoms with E-state index in [-0.39, 0.29) is 6.71 Å². The standard InChI is InChI=1S/C96H57BN4/c1-5-21-58(22-6-1)62-43-47-70(48-44-62)100-86-54-68(93-78-33-13-14-42-85(78)98-96(99-93)69-52-66(60-25-9-3-10-26-60)51-67(53-69)61-27-11-4-12-28-61)55-87-92(86)97(83-56-81-76-36-17-31-64-29-15-34-72(88(64)76)74-38-19-40-79(90(74)81)94(83)100)84-57-82-77-37-18-32-65-30-16-35-73(89(65)77)75-39-20-41-80(91(75)82)95(84)101(87)71-49-45-63(46-50-71)59-23-7-2-8-24-59/h1-57H. The van der Waals surface area contributed by atoms with E-state index in [4.69, 9.17) is 9.97 Å². The summed E-state index contributed by atoms with van der Waals surface area (Å²) >= 11 is 0. The van der Waals surface area contributed by atoms with E-state index in [1.54, 1.807) is 0 Å². The number of nitrogens with zero attached hydrogens (tertiary/aromatic N) is 4. The molecule has 101 heavy (non-hydrogen) atoms. The van der Waals surface area contributed by atoms with Gasteiger partial charge in [-0.25, -0.2) is 9.97 Å². The highest BCUT2D eigenvalue weighted by Gasteiger charge is 2.46. The predicted molar refractivity (Wildman–Crippen MR) is 429 cm³/mol. The van der Waals surface area contributed by atoms with Crippen LogP contribution < -0.4 is 26.2 Å². The number of hydrogen-bond donors (Lipinski definition) is 0. The smallest absolute Gasteiger partial charge is 0.252 e. The molecule has 0 atom stereocenters. The molecule has 0 amide bonds. The largest absolute Gasteiger partial charge is 0.311 e. The molecular formula is C96H57BN4. The topological polar surface area (TPSA) is 32.3 Å². The summed E-state index contributed by atoms with van der Waals surface area (Å²) in [6.07, 6.45) is 0. The molecule has 20 aromatic rings. The Hall–Kier alpha value is -13.2. The molecule has 0 saturated carbocycles. The monoisotopic (exact) mass is 1280 g/mol. The van der Waals surface area contributed by atoms with Crippen molar-refractivity contribution in [2.75, 3.05) is 9.80 Å². The van der Waals surface area contributed by atoms with Crippen molar-refractivity contribution >= 4 is 154 Å². The highest BCUT2D eigenvalue weighted by molar-refractivity contribution is 7.01. The summed E-state index contributed by atoms with van der Waals surface area (Å²) in [4.78, 5) is 16.8. The van der Waals surface area contributed by atoms with E-state index in [1.807, 2.05) is 0 Å². The number of para-hydroxylation sites is 1. The van der Waals surface area contributed by atoms with Gasteiger partial charge < -0.3 is 9.80 Å². The minimum absolute atomic E-state index is 0.269. The van der Waals surface area contributed by atoms with Gasteiger partial charge >= 0.3 is 0 Å². The molecule has 1 aromatic heterocycles. The maximum Gasteiger partial charge on any atom is 0.252 e. The van der Waals surface area contributed by atoms with Gasteiger partial charge in [-0.3, -0.25) is 0 Å². The van der Waals surface area contributed by atoms with E-state index in [9.17, 15) is 0 Å². The molecule has 0 N–H and O–H groups in total. The van der Waals surface area contributed by atoms with E-state index in [0.29, 0.717) is 5.82 Å². The lowest BCUT2D eigenvalue weighted by molar-refractivity contribution is 1.22. The molecule has 0 aliphatic carbocycles. The molecule has 5 heteroatoms. The van der Waals surface area contributed by atoms with E-state index in [1.165, 1.54) is 125 Å². The summed E-state index contributed by atoms with van der Waals surface area (Å²) in [6.45, 7) is -0.269. The van der Waals surface area contributed by atoms with Crippen molar-refractivity contribution in [3.63, 3.8) is 0 Å². The quantitative estimate of drug-likeness (QED) is 0.0862. The number of rotatable bonds is 8. The summed E-state index contributed by atoms with van der Waals surface area (Å²) in [5.41, 5.74) is 23.2. The molecule has 2 aliphatic heterocycles. The van der Waals surface area contributed by atoms with Crippen LogP contribution in [0.3, 0.4) is 0 Å². The van der Waals surface area contributed by atoms with Gasteiger partial charge in [0.25, 0.3) is 6.71 Å². The summed E-state index contributed by atoms with van der Waals surface area (Å²) in [6, 6.07) is 129. The van der Waals surface area contributed by atoms with E-state index < -0.39 is 0 Å². The summed E-state index contributed by atoms with van der Waals surface area (Å²) in [5.74, 6) is 0.655. The van der Waals surface area contributed by atoms with Gasteiger partial charge in [-0.15, -0.1) is 0 Å². The van der Waals surface area contributed by atoms with Crippen molar-refractivity contribution < 1.29 is 0 Å². The van der Waals surface area contributed by atoms with Crippen molar-refractivity contribution in [2.24, 2.45) is 0 Å². The van der Waals surface area contributed by atoms with Gasteiger partial charge in [0.15, 0.2) is 5.82 Å². The summed E-state index contributed by atoms with van der Waals surface area (Å²) in [5, 5.41) is 21.1. The Balaban J connectivity index is 0.907. The zero-order chi connectivity index (χ0) is 66.0. The minimum atomic E-state index is -0.269. The second-order valence-electron chi connectivity index (χ2n) is 27.4. The summed E-state index contributed by atoms with van der Waals surface area (Å²) in [7, 11) is 0. The van der Waals surface area contributed by atoms with Gasteiger partial charge in [0, 0.05) is 61.4 Å². The van der Waals surface area contributed by atoms with Crippen LogP contribution in [0.15, 0.2) is 346 Å². The van der Waals surface area contributed by atoms with Crippen molar-refractivity contribution in [3.05, 3.63) is 346 Å². The van der Waals surface area contributed by atoms with E-state index in [2.05, 4.69) is 356 Å². The number of hydrogen-bond acceptors (Lipinski definition) is 4. The zero-order valence-corrected chi connectivity index (χ0v) is 54.8. The van der Waals surface area contributed by atoms with Gasteiger partial charge in [-0.2, -0.15) is 0 Å². The summed E-state index contributed by atoms with van der Waals surface area (Å²) < 4.78 is 0. The average Bonchev–Trinajstić information content (AvgIpc) is 0.672. The van der Waals surface area contributed by atoms with Crippen LogP contribution in [0.25, 0.3) is 164 Å². The fourth-order valence-electron chi connectivity index (χ4n) is 17.7. The molecule has 0 fully saturated rings. The molecule has 19 aromatic carbocycles. The van der Waals surface area contributed by atoms with Gasteiger partial charge in [0.2, 0.25) is 0 Å². The van der Waals surface area contributed by atoms with Gasteiger partial charge in [-0.05, 0) is 197 Å². The number of anilines is 6. The third kappa shape index (κ3) is 8.32. The Morgan fingerprint density at radius 1 is 0.228 bits per heavy atom. The van der Waals surface area contributed by atoms with Gasteiger partial charge in [-0.1, -0.05) is 285 Å².